The maximum atomic E-state index is 13.1. The van der Waals surface area contributed by atoms with Crippen molar-refractivity contribution in [3.05, 3.63) is 51.6 Å². The van der Waals surface area contributed by atoms with Gasteiger partial charge in [-0.3, -0.25) is 9.59 Å². The van der Waals surface area contributed by atoms with Crippen molar-refractivity contribution in [2.24, 2.45) is 5.92 Å². The van der Waals surface area contributed by atoms with E-state index in [2.05, 4.69) is 0 Å². The molecular formula is C22H21ClO6. The highest BCUT2D eigenvalue weighted by molar-refractivity contribution is 6.31. The van der Waals surface area contributed by atoms with Crippen molar-refractivity contribution < 1.29 is 23.4 Å². The van der Waals surface area contributed by atoms with Crippen LogP contribution in [0.15, 0.2) is 45.6 Å². The monoisotopic (exact) mass is 416 g/mol. The number of carbonyl (C=O) groups is 1. The first-order valence-electron chi connectivity index (χ1n) is 9.03. The van der Waals surface area contributed by atoms with E-state index in [1.165, 1.54) is 20.3 Å². The summed E-state index contributed by atoms with van der Waals surface area (Å²) in [6.45, 7) is 3.78. The molecule has 3 rings (SSSR count). The van der Waals surface area contributed by atoms with Crippen LogP contribution in [-0.2, 0) is 4.79 Å². The van der Waals surface area contributed by atoms with Crippen LogP contribution >= 0.6 is 11.6 Å². The summed E-state index contributed by atoms with van der Waals surface area (Å²) in [6, 6.07) is 9.74. The molecule has 1 heterocycles. The Hall–Kier alpha value is -2.99. The highest BCUT2D eigenvalue weighted by Gasteiger charge is 2.22. The van der Waals surface area contributed by atoms with Gasteiger partial charge in [-0.15, -0.1) is 0 Å². The number of carbonyl (C=O) groups excluding carboxylic acids is 1. The van der Waals surface area contributed by atoms with Crippen LogP contribution in [0.2, 0.25) is 5.02 Å². The molecule has 0 unspecified atom stereocenters. The van der Waals surface area contributed by atoms with Crippen molar-refractivity contribution in [1.82, 2.24) is 0 Å². The molecule has 1 aromatic heterocycles. The van der Waals surface area contributed by atoms with E-state index in [1.54, 1.807) is 30.3 Å². The quantitative estimate of drug-likeness (QED) is 0.521. The van der Waals surface area contributed by atoms with Crippen LogP contribution in [0.5, 0.6) is 17.2 Å². The van der Waals surface area contributed by atoms with Gasteiger partial charge in [0.15, 0.2) is 17.3 Å². The number of hydrogen-bond donors (Lipinski definition) is 0. The molecule has 3 aromatic rings. The Morgan fingerprint density at radius 2 is 1.79 bits per heavy atom. The Labute approximate surface area is 172 Å². The van der Waals surface area contributed by atoms with Gasteiger partial charge in [0.25, 0.3) is 0 Å². The van der Waals surface area contributed by atoms with Crippen LogP contribution < -0.4 is 19.6 Å². The molecule has 0 radical (unpaired) electrons. The maximum Gasteiger partial charge on any atom is 0.311 e. The van der Waals surface area contributed by atoms with Gasteiger partial charge in [0, 0.05) is 17.0 Å². The van der Waals surface area contributed by atoms with Crippen LogP contribution in [-0.4, -0.2) is 20.2 Å². The lowest BCUT2D eigenvalue weighted by atomic mass is 10.1. The molecule has 0 saturated heterocycles. The standard InChI is InChI=1S/C22H21ClO6/c1-12(2)9-19(24)29-22-20(25)15-11-14(23)6-8-16(15)28-21(22)13-5-7-17(26-3)18(10-13)27-4/h5-8,10-12H,9H2,1-4H3. The molecule has 0 aliphatic heterocycles. The van der Waals surface area contributed by atoms with E-state index in [9.17, 15) is 9.59 Å². The maximum absolute atomic E-state index is 13.1. The van der Waals surface area contributed by atoms with E-state index in [1.807, 2.05) is 13.8 Å². The van der Waals surface area contributed by atoms with Crippen molar-refractivity contribution in [3.8, 4) is 28.6 Å². The summed E-state index contributed by atoms with van der Waals surface area (Å²) in [7, 11) is 3.03. The number of fused-ring (bicyclic) bond motifs is 1. The highest BCUT2D eigenvalue weighted by Crippen LogP contribution is 2.37. The van der Waals surface area contributed by atoms with E-state index in [4.69, 9.17) is 30.2 Å². The summed E-state index contributed by atoms with van der Waals surface area (Å²) in [4.78, 5) is 25.4. The average Bonchev–Trinajstić information content (AvgIpc) is 2.69. The topological polar surface area (TPSA) is 75.0 Å². The fraction of sp³-hybridized carbons (Fsp3) is 0.273. The number of rotatable bonds is 6. The Morgan fingerprint density at radius 1 is 1.07 bits per heavy atom. The molecule has 0 bridgehead atoms. The minimum atomic E-state index is -0.518. The predicted molar refractivity (Wildman–Crippen MR) is 111 cm³/mol. The fourth-order valence-electron chi connectivity index (χ4n) is 2.90. The molecule has 0 fully saturated rings. The van der Waals surface area contributed by atoms with Crippen LogP contribution in [0.25, 0.3) is 22.3 Å². The second-order valence-corrected chi connectivity index (χ2v) is 7.31. The van der Waals surface area contributed by atoms with Gasteiger partial charge in [-0.25, -0.2) is 0 Å². The Kier molecular flexibility index (Phi) is 6.13. The number of benzene rings is 2. The van der Waals surface area contributed by atoms with Crippen LogP contribution in [0, 0.1) is 5.92 Å². The summed E-state index contributed by atoms with van der Waals surface area (Å²) < 4.78 is 22.0. The number of halogens is 1. The lowest BCUT2D eigenvalue weighted by Crippen LogP contribution is -2.17. The van der Waals surface area contributed by atoms with Crippen molar-refractivity contribution in [2.75, 3.05) is 14.2 Å². The summed E-state index contributed by atoms with van der Waals surface area (Å²) in [5.41, 5.74) is 0.354. The molecule has 0 spiro atoms. The Morgan fingerprint density at radius 3 is 2.45 bits per heavy atom. The first kappa shape index (κ1) is 20.7. The third-order valence-electron chi connectivity index (χ3n) is 4.25. The third-order valence-corrected chi connectivity index (χ3v) is 4.48. The van der Waals surface area contributed by atoms with E-state index >= 15 is 0 Å². The van der Waals surface area contributed by atoms with Crippen molar-refractivity contribution in [1.29, 1.82) is 0 Å². The Bertz CT molecular complexity index is 1120. The first-order chi connectivity index (χ1) is 13.8. The van der Waals surface area contributed by atoms with Crippen LogP contribution in [0.3, 0.4) is 0 Å². The second-order valence-electron chi connectivity index (χ2n) is 6.87. The normalized spacial score (nSPS) is 11.0. The summed E-state index contributed by atoms with van der Waals surface area (Å²) in [6.07, 6.45) is 0.165. The van der Waals surface area contributed by atoms with E-state index in [0.717, 1.165) is 0 Å². The number of hydrogen-bond acceptors (Lipinski definition) is 6. The van der Waals surface area contributed by atoms with Gasteiger partial charge in [0.2, 0.25) is 11.2 Å². The molecule has 0 amide bonds. The van der Waals surface area contributed by atoms with Crippen molar-refractivity contribution in [2.45, 2.75) is 20.3 Å². The second kappa shape index (κ2) is 8.57. The van der Waals surface area contributed by atoms with E-state index in [-0.39, 0.29) is 29.2 Å². The fourth-order valence-corrected chi connectivity index (χ4v) is 3.07. The summed E-state index contributed by atoms with van der Waals surface area (Å²) in [5, 5.41) is 0.609. The molecule has 2 aromatic carbocycles. The highest BCUT2D eigenvalue weighted by atomic mass is 35.5. The first-order valence-corrected chi connectivity index (χ1v) is 9.41. The van der Waals surface area contributed by atoms with E-state index in [0.29, 0.717) is 27.7 Å². The lowest BCUT2D eigenvalue weighted by molar-refractivity contribution is -0.135. The van der Waals surface area contributed by atoms with Gasteiger partial charge in [-0.1, -0.05) is 25.4 Å². The predicted octanol–water partition coefficient (Wildman–Crippen LogP) is 5.08. The van der Waals surface area contributed by atoms with Crippen LogP contribution in [0.4, 0.5) is 0 Å². The Balaban J connectivity index is 2.24. The molecule has 0 N–H and O–H groups in total. The van der Waals surface area contributed by atoms with Gasteiger partial charge in [-0.2, -0.15) is 0 Å². The molecule has 6 nitrogen and oxygen atoms in total. The smallest absolute Gasteiger partial charge is 0.311 e. The van der Waals surface area contributed by atoms with Crippen molar-refractivity contribution >= 4 is 28.5 Å². The number of methoxy groups -OCH3 is 2. The van der Waals surface area contributed by atoms with Crippen molar-refractivity contribution in [3.63, 3.8) is 0 Å². The van der Waals surface area contributed by atoms with Gasteiger partial charge in [0.05, 0.1) is 19.6 Å². The largest absolute Gasteiger partial charge is 0.493 e. The minimum absolute atomic E-state index is 0.0778. The zero-order chi connectivity index (χ0) is 21.1. The van der Waals surface area contributed by atoms with Crippen LogP contribution in [0.1, 0.15) is 20.3 Å². The van der Waals surface area contributed by atoms with Gasteiger partial charge in [0.1, 0.15) is 5.58 Å². The van der Waals surface area contributed by atoms with Gasteiger partial charge < -0.3 is 18.6 Å². The summed E-state index contributed by atoms with van der Waals surface area (Å²) in [5.74, 6) is 0.470. The third kappa shape index (κ3) is 4.38. The molecule has 29 heavy (non-hydrogen) atoms. The summed E-state index contributed by atoms with van der Waals surface area (Å²) >= 11 is 6.03. The number of esters is 1. The lowest BCUT2D eigenvalue weighted by Gasteiger charge is -2.13. The van der Waals surface area contributed by atoms with E-state index < -0.39 is 11.4 Å². The molecule has 152 valence electrons. The zero-order valence-electron chi connectivity index (χ0n) is 16.6. The molecule has 0 aliphatic rings. The van der Waals surface area contributed by atoms with Gasteiger partial charge in [-0.05, 0) is 42.3 Å². The SMILES string of the molecule is COc1ccc(-c2oc3ccc(Cl)cc3c(=O)c2OC(=O)CC(C)C)cc1OC. The molecule has 0 aliphatic carbocycles. The average molecular weight is 417 g/mol. The molecule has 0 atom stereocenters. The minimum Gasteiger partial charge on any atom is -0.493 e. The zero-order valence-corrected chi connectivity index (χ0v) is 17.3. The molecular weight excluding hydrogens is 396 g/mol. The molecule has 7 heteroatoms. The molecule has 0 saturated carbocycles. The number of ether oxygens (including phenoxy) is 3. The van der Waals surface area contributed by atoms with Gasteiger partial charge >= 0.3 is 5.97 Å².